The van der Waals surface area contributed by atoms with Gasteiger partial charge in [-0.05, 0) is 18.3 Å². The molecule has 2 aliphatic rings. The van der Waals surface area contributed by atoms with Crippen LogP contribution in [0.5, 0.6) is 0 Å². The van der Waals surface area contributed by atoms with Crippen LogP contribution in [0.1, 0.15) is 6.42 Å². The molecular formula is C11H13NO5. The lowest BCUT2D eigenvalue weighted by Gasteiger charge is -2.23. The summed E-state index contributed by atoms with van der Waals surface area (Å²) in [5, 5.41) is 19.8. The molecule has 2 bridgehead atoms. The van der Waals surface area contributed by atoms with Crippen molar-refractivity contribution in [2.75, 3.05) is 6.54 Å². The molecule has 6 heteroatoms. The van der Waals surface area contributed by atoms with E-state index >= 15 is 0 Å². The number of carbonyl (C=O) groups is 3. The second-order valence-electron chi connectivity index (χ2n) is 4.45. The summed E-state index contributed by atoms with van der Waals surface area (Å²) in [6, 6.07) is 0. The van der Waals surface area contributed by atoms with Crippen molar-refractivity contribution in [1.29, 1.82) is 0 Å². The minimum absolute atomic E-state index is 0.0742. The van der Waals surface area contributed by atoms with Crippen LogP contribution in [0.4, 0.5) is 0 Å². The van der Waals surface area contributed by atoms with Crippen LogP contribution >= 0.6 is 0 Å². The van der Waals surface area contributed by atoms with Crippen molar-refractivity contribution in [3.63, 3.8) is 0 Å². The van der Waals surface area contributed by atoms with Crippen LogP contribution in [0.3, 0.4) is 0 Å². The van der Waals surface area contributed by atoms with E-state index < -0.39 is 36.2 Å². The Morgan fingerprint density at radius 1 is 1.12 bits per heavy atom. The quantitative estimate of drug-likeness (QED) is 0.585. The van der Waals surface area contributed by atoms with Gasteiger partial charge in [0.15, 0.2) is 0 Å². The summed E-state index contributed by atoms with van der Waals surface area (Å²) in [6.07, 6.45) is 4.36. The Balaban J connectivity index is 2.08. The average molecular weight is 239 g/mol. The van der Waals surface area contributed by atoms with E-state index in [9.17, 15) is 14.4 Å². The molecular weight excluding hydrogens is 226 g/mol. The molecule has 1 fully saturated rings. The molecule has 0 heterocycles. The number of amides is 1. The second kappa shape index (κ2) is 4.20. The number of nitrogens with one attached hydrogen (secondary N) is 1. The first-order chi connectivity index (χ1) is 8.00. The monoisotopic (exact) mass is 239 g/mol. The van der Waals surface area contributed by atoms with Crippen molar-refractivity contribution in [3.8, 4) is 0 Å². The number of carboxylic acid groups (broad SMARTS) is 2. The van der Waals surface area contributed by atoms with Crippen molar-refractivity contribution in [2.24, 2.45) is 23.7 Å². The fourth-order valence-corrected chi connectivity index (χ4v) is 2.80. The van der Waals surface area contributed by atoms with Gasteiger partial charge in [0.1, 0.15) is 6.54 Å². The maximum Gasteiger partial charge on any atom is 0.322 e. The first-order valence-electron chi connectivity index (χ1n) is 5.41. The summed E-state index contributed by atoms with van der Waals surface area (Å²) >= 11 is 0. The maximum atomic E-state index is 11.8. The summed E-state index contributed by atoms with van der Waals surface area (Å²) in [6.45, 7) is -0.469. The topological polar surface area (TPSA) is 104 Å². The number of rotatable bonds is 4. The minimum Gasteiger partial charge on any atom is -0.481 e. The molecule has 1 saturated carbocycles. The van der Waals surface area contributed by atoms with E-state index in [4.69, 9.17) is 10.2 Å². The molecule has 0 aliphatic heterocycles. The van der Waals surface area contributed by atoms with Gasteiger partial charge in [0.2, 0.25) is 5.91 Å². The van der Waals surface area contributed by atoms with Gasteiger partial charge in [-0.1, -0.05) is 12.2 Å². The van der Waals surface area contributed by atoms with Gasteiger partial charge in [-0.25, -0.2) is 0 Å². The zero-order valence-electron chi connectivity index (χ0n) is 9.00. The number of hydrogen-bond acceptors (Lipinski definition) is 3. The lowest BCUT2D eigenvalue weighted by atomic mass is 9.82. The molecule has 0 radical (unpaired) electrons. The predicted octanol–water partition coefficient (Wildman–Crippen LogP) is -0.290. The molecule has 1 amide bonds. The summed E-state index contributed by atoms with van der Waals surface area (Å²) in [7, 11) is 0. The number of carbonyl (C=O) groups excluding carboxylic acids is 1. The first kappa shape index (κ1) is 11.6. The molecule has 0 saturated heterocycles. The van der Waals surface area contributed by atoms with E-state index in [1.807, 2.05) is 12.2 Å². The molecule has 17 heavy (non-hydrogen) atoms. The van der Waals surface area contributed by atoms with E-state index in [0.29, 0.717) is 6.42 Å². The summed E-state index contributed by atoms with van der Waals surface area (Å²) in [5.41, 5.74) is 0. The molecule has 2 rings (SSSR count). The Bertz CT molecular complexity index is 403. The lowest BCUT2D eigenvalue weighted by molar-refractivity contribution is -0.148. The van der Waals surface area contributed by atoms with Gasteiger partial charge in [-0.2, -0.15) is 0 Å². The van der Waals surface area contributed by atoms with E-state index in [2.05, 4.69) is 5.32 Å². The Hall–Kier alpha value is -1.85. The van der Waals surface area contributed by atoms with Crippen molar-refractivity contribution >= 4 is 17.8 Å². The van der Waals surface area contributed by atoms with Crippen molar-refractivity contribution in [2.45, 2.75) is 6.42 Å². The van der Waals surface area contributed by atoms with E-state index in [1.54, 1.807) is 0 Å². The molecule has 4 atom stereocenters. The highest BCUT2D eigenvalue weighted by Crippen LogP contribution is 2.48. The van der Waals surface area contributed by atoms with Gasteiger partial charge in [-0.15, -0.1) is 0 Å². The SMILES string of the molecule is O=C(O)CNC(=O)[C@H]1C2C=CC(C2)[C@H]1C(=O)O. The van der Waals surface area contributed by atoms with Crippen molar-refractivity contribution in [3.05, 3.63) is 12.2 Å². The number of aliphatic carboxylic acids is 2. The minimum atomic E-state index is -1.14. The highest BCUT2D eigenvalue weighted by atomic mass is 16.4. The van der Waals surface area contributed by atoms with Crippen molar-refractivity contribution in [1.82, 2.24) is 5.32 Å². The molecule has 0 spiro atoms. The van der Waals surface area contributed by atoms with Crippen LogP contribution in [-0.2, 0) is 14.4 Å². The third-order valence-corrected chi connectivity index (χ3v) is 3.46. The van der Waals surface area contributed by atoms with Gasteiger partial charge in [0, 0.05) is 0 Å². The van der Waals surface area contributed by atoms with Crippen LogP contribution in [-0.4, -0.2) is 34.6 Å². The van der Waals surface area contributed by atoms with Crippen LogP contribution in [0.2, 0.25) is 0 Å². The number of carboxylic acids is 2. The highest BCUT2D eigenvalue weighted by molar-refractivity contribution is 5.88. The molecule has 0 aromatic carbocycles. The number of fused-ring (bicyclic) bond motifs is 2. The van der Waals surface area contributed by atoms with E-state index in [0.717, 1.165) is 0 Å². The van der Waals surface area contributed by atoms with Gasteiger partial charge < -0.3 is 15.5 Å². The summed E-state index contributed by atoms with van der Waals surface area (Å²) in [4.78, 5) is 33.2. The van der Waals surface area contributed by atoms with Gasteiger partial charge in [-0.3, -0.25) is 14.4 Å². The molecule has 0 aromatic heterocycles. The molecule has 0 aromatic rings. The Morgan fingerprint density at radius 3 is 2.24 bits per heavy atom. The normalized spacial score (nSPS) is 33.6. The third-order valence-electron chi connectivity index (χ3n) is 3.46. The maximum absolute atomic E-state index is 11.8. The van der Waals surface area contributed by atoms with Crippen LogP contribution in [0, 0.1) is 23.7 Å². The first-order valence-corrected chi connectivity index (χ1v) is 5.41. The fraction of sp³-hybridized carbons (Fsp3) is 0.545. The number of allylic oxidation sites excluding steroid dienone is 2. The van der Waals surface area contributed by atoms with Crippen LogP contribution in [0.25, 0.3) is 0 Å². The largest absolute Gasteiger partial charge is 0.481 e. The van der Waals surface area contributed by atoms with Gasteiger partial charge in [0.05, 0.1) is 11.8 Å². The number of hydrogen-bond donors (Lipinski definition) is 3. The Kier molecular flexibility index (Phi) is 2.87. The van der Waals surface area contributed by atoms with Crippen LogP contribution < -0.4 is 5.32 Å². The highest BCUT2D eigenvalue weighted by Gasteiger charge is 2.51. The smallest absolute Gasteiger partial charge is 0.322 e. The molecule has 2 aliphatic carbocycles. The molecule has 2 unspecified atom stereocenters. The molecule has 6 nitrogen and oxygen atoms in total. The molecule has 92 valence electrons. The fourth-order valence-electron chi connectivity index (χ4n) is 2.80. The van der Waals surface area contributed by atoms with E-state index in [-0.39, 0.29) is 11.8 Å². The van der Waals surface area contributed by atoms with Gasteiger partial charge >= 0.3 is 11.9 Å². The van der Waals surface area contributed by atoms with Crippen molar-refractivity contribution < 1.29 is 24.6 Å². The second-order valence-corrected chi connectivity index (χ2v) is 4.45. The molecule has 3 N–H and O–H groups in total. The zero-order valence-corrected chi connectivity index (χ0v) is 9.00. The van der Waals surface area contributed by atoms with Gasteiger partial charge in [0.25, 0.3) is 0 Å². The van der Waals surface area contributed by atoms with Crippen LogP contribution in [0.15, 0.2) is 12.2 Å². The lowest BCUT2D eigenvalue weighted by Crippen LogP contribution is -2.41. The predicted molar refractivity (Wildman–Crippen MR) is 56.0 cm³/mol. The third kappa shape index (κ3) is 2.02. The summed E-state index contributed by atoms with van der Waals surface area (Å²) < 4.78 is 0. The Labute approximate surface area is 97.3 Å². The Morgan fingerprint density at radius 2 is 1.71 bits per heavy atom. The average Bonchev–Trinajstić information content (AvgIpc) is 2.84. The summed E-state index contributed by atoms with van der Waals surface area (Å²) in [5.74, 6) is -4.13. The van der Waals surface area contributed by atoms with E-state index in [1.165, 1.54) is 0 Å². The zero-order chi connectivity index (χ0) is 12.6. The standard InChI is InChI=1S/C11H13NO5/c13-7(14)4-12-10(15)8-5-1-2-6(3-5)9(8)11(16)17/h1-2,5-6,8-9H,3-4H2,(H,12,15)(H,13,14)(H,16,17)/t5?,6?,8-,9+/m0/s1.